The molecule has 1 fully saturated rings. The fraction of sp³-hybridized carbons (Fsp3) is 0.192. The topological polar surface area (TPSA) is 92.9 Å². The van der Waals surface area contributed by atoms with Gasteiger partial charge < -0.3 is 14.3 Å². The summed E-state index contributed by atoms with van der Waals surface area (Å²) in [6.45, 7) is 6.27. The maximum atomic E-state index is 13.3. The normalized spacial score (nSPS) is 17.6. The van der Waals surface area contributed by atoms with Gasteiger partial charge in [0.05, 0.1) is 28.7 Å². The SMILES string of the molecule is CCOc1cccc(C(O)=C2C(=O)C(=O)N(c3nc4c(C)cc(C)cc4s3)C2c2ccco2)c1. The highest BCUT2D eigenvalue weighted by Crippen LogP contribution is 2.45. The number of benzene rings is 2. The molecule has 1 aliphatic rings. The Morgan fingerprint density at radius 2 is 2.00 bits per heavy atom. The summed E-state index contributed by atoms with van der Waals surface area (Å²) in [5.74, 6) is -0.955. The Morgan fingerprint density at radius 1 is 1.18 bits per heavy atom. The number of fused-ring (bicyclic) bond motifs is 1. The van der Waals surface area contributed by atoms with Crippen LogP contribution in [-0.2, 0) is 9.59 Å². The molecule has 0 aliphatic carbocycles. The van der Waals surface area contributed by atoms with Crippen LogP contribution in [-0.4, -0.2) is 28.4 Å². The van der Waals surface area contributed by atoms with Gasteiger partial charge >= 0.3 is 5.91 Å². The van der Waals surface area contributed by atoms with E-state index in [9.17, 15) is 14.7 Å². The molecule has 4 aromatic rings. The summed E-state index contributed by atoms with van der Waals surface area (Å²) in [4.78, 5) is 32.5. The molecule has 1 aliphatic heterocycles. The molecule has 0 radical (unpaired) electrons. The van der Waals surface area contributed by atoms with Crippen LogP contribution in [0, 0.1) is 13.8 Å². The monoisotopic (exact) mass is 474 g/mol. The van der Waals surface area contributed by atoms with Gasteiger partial charge in [0, 0.05) is 5.56 Å². The van der Waals surface area contributed by atoms with Gasteiger partial charge in [0.25, 0.3) is 5.78 Å². The highest BCUT2D eigenvalue weighted by Gasteiger charge is 2.49. The van der Waals surface area contributed by atoms with Gasteiger partial charge in [-0.2, -0.15) is 0 Å². The van der Waals surface area contributed by atoms with E-state index < -0.39 is 17.7 Å². The molecule has 0 spiro atoms. The van der Waals surface area contributed by atoms with Crippen molar-refractivity contribution in [2.45, 2.75) is 26.8 Å². The molecule has 0 bridgehead atoms. The standard InChI is InChI=1S/C26H22N2O5S/c1-4-32-17-8-5-7-16(13-17)23(29)20-22(18-9-6-10-33-18)28(25(31)24(20)30)26-27-21-15(3)11-14(2)12-19(21)34-26/h5-13,22,29H,4H2,1-3H3. The fourth-order valence-electron chi connectivity index (χ4n) is 4.26. The lowest BCUT2D eigenvalue weighted by molar-refractivity contribution is -0.132. The molecule has 5 rings (SSSR count). The summed E-state index contributed by atoms with van der Waals surface area (Å²) >= 11 is 1.32. The molecule has 34 heavy (non-hydrogen) atoms. The average molecular weight is 475 g/mol. The van der Waals surface area contributed by atoms with Gasteiger partial charge in [-0.3, -0.25) is 14.5 Å². The van der Waals surface area contributed by atoms with Gasteiger partial charge in [0.15, 0.2) is 5.13 Å². The molecule has 0 saturated carbocycles. The van der Waals surface area contributed by atoms with Crippen LogP contribution in [0.1, 0.15) is 35.4 Å². The number of Topliss-reactive ketones (excluding diaryl/α,β-unsaturated/α-hetero) is 1. The number of anilines is 1. The molecular formula is C26H22N2O5S. The number of aliphatic hydroxyl groups excluding tert-OH is 1. The molecule has 1 N–H and O–H groups in total. The van der Waals surface area contributed by atoms with Crippen molar-refractivity contribution < 1.29 is 23.8 Å². The van der Waals surface area contributed by atoms with E-state index in [-0.39, 0.29) is 11.3 Å². The second kappa shape index (κ2) is 8.46. The fourth-order valence-corrected chi connectivity index (χ4v) is 5.43. The van der Waals surface area contributed by atoms with Crippen molar-refractivity contribution in [3.63, 3.8) is 0 Å². The second-order valence-corrected chi connectivity index (χ2v) is 9.08. The van der Waals surface area contributed by atoms with Crippen molar-refractivity contribution in [3.05, 3.63) is 82.8 Å². The van der Waals surface area contributed by atoms with Crippen LogP contribution in [0.25, 0.3) is 16.0 Å². The first-order valence-corrected chi connectivity index (χ1v) is 11.7. The van der Waals surface area contributed by atoms with Crippen molar-refractivity contribution in [2.24, 2.45) is 0 Å². The number of ether oxygens (including phenoxy) is 1. The summed E-state index contributed by atoms with van der Waals surface area (Å²) < 4.78 is 12.1. The van der Waals surface area contributed by atoms with E-state index in [4.69, 9.17) is 14.1 Å². The van der Waals surface area contributed by atoms with Crippen LogP contribution in [0.5, 0.6) is 5.75 Å². The molecule has 172 valence electrons. The van der Waals surface area contributed by atoms with E-state index in [1.807, 2.05) is 32.9 Å². The van der Waals surface area contributed by atoms with Gasteiger partial charge in [-0.05, 0) is 62.2 Å². The van der Waals surface area contributed by atoms with Crippen LogP contribution < -0.4 is 9.64 Å². The van der Waals surface area contributed by atoms with Gasteiger partial charge in [-0.25, -0.2) is 4.98 Å². The Hall–Kier alpha value is -3.91. The number of aromatic nitrogens is 1. The molecule has 3 heterocycles. The van der Waals surface area contributed by atoms with Crippen molar-refractivity contribution in [1.29, 1.82) is 0 Å². The third kappa shape index (κ3) is 3.56. The number of hydrogen-bond acceptors (Lipinski definition) is 7. The number of rotatable bonds is 5. The number of amides is 1. The third-order valence-electron chi connectivity index (χ3n) is 5.70. The highest BCUT2D eigenvalue weighted by molar-refractivity contribution is 7.22. The summed E-state index contributed by atoms with van der Waals surface area (Å²) in [6, 6.07) is 13.2. The van der Waals surface area contributed by atoms with Crippen LogP contribution >= 0.6 is 11.3 Å². The molecule has 1 unspecified atom stereocenters. The molecule has 1 atom stereocenters. The molecule has 1 saturated heterocycles. The zero-order valence-corrected chi connectivity index (χ0v) is 19.7. The summed E-state index contributed by atoms with van der Waals surface area (Å²) in [5, 5.41) is 11.6. The molecule has 2 aromatic heterocycles. The molecular weight excluding hydrogens is 452 g/mol. The third-order valence-corrected chi connectivity index (χ3v) is 6.70. The number of aliphatic hydroxyl groups is 1. The predicted molar refractivity (Wildman–Crippen MR) is 130 cm³/mol. The largest absolute Gasteiger partial charge is 0.507 e. The average Bonchev–Trinajstić information content (AvgIpc) is 3.53. The second-order valence-electron chi connectivity index (χ2n) is 8.07. The summed E-state index contributed by atoms with van der Waals surface area (Å²) in [7, 11) is 0. The lowest BCUT2D eigenvalue weighted by atomic mass is 9.99. The van der Waals surface area contributed by atoms with Gasteiger partial charge in [0.1, 0.15) is 23.3 Å². The smallest absolute Gasteiger partial charge is 0.302 e. The Balaban J connectivity index is 1.69. The maximum Gasteiger partial charge on any atom is 0.302 e. The number of furan rings is 1. The summed E-state index contributed by atoms with van der Waals surface area (Å²) in [6.07, 6.45) is 1.47. The first kappa shape index (κ1) is 21.9. The number of nitrogens with zero attached hydrogens (tertiary/aromatic N) is 2. The minimum absolute atomic E-state index is 0.0549. The number of thiazole rings is 1. The van der Waals surface area contributed by atoms with Crippen LogP contribution in [0.2, 0.25) is 0 Å². The van der Waals surface area contributed by atoms with E-state index >= 15 is 0 Å². The number of ketones is 1. The quantitative estimate of drug-likeness (QED) is 0.232. The van der Waals surface area contributed by atoms with E-state index in [1.165, 1.54) is 22.5 Å². The molecule has 7 nitrogen and oxygen atoms in total. The first-order valence-electron chi connectivity index (χ1n) is 10.8. The van der Waals surface area contributed by atoms with Gasteiger partial charge in [-0.1, -0.05) is 29.5 Å². The Morgan fingerprint density at radius 3 is 2.74 bits per heavy atom. The number of carbonyl (C=O) groups is 2. The number of hydrogen-bond donors (Lipinski definition) is 1. The summed E-state index contributed by atoms with van der Waals surface area (Å²) in [5.41, 5.74) is 3.16. The Labute approximate surface area is 199 Å². The van der Waals surface area contributed by atoms with Crippen molar-refractivity contribution in [3.8, 4) is 5.75 Å². The van der Waals surface area contributed by atoms with Gasteiger partial charge in [-0.15, -0.1) is 0 Å². The van der Waals surface area contributed by atoms with Crippen molar-refractivity contribution in [1.82, 2.24) is 4.98 Å². The molecule has 1 amide bonds. The zero-order chi connectivity index (χ0) is 24.0. The predicted octanol–water partition coefficient (Wildman–Crippen LogP) is 5.53. The molecule has 2 aromatic carbocycles. The lowest BCUT2D eigenvalue weighted by Gasteiger charge is -2.20. The minimum Gasteiger partial charge on any atom is -0.507 e. The van der Waals surface area contributed by atoms with E-state index in [0.717, 1.165) is 21.3 Å². The Bertz CT molecular complexity index is 1450. The Kier molecular flexibility index (Phi) is 5.45. The first-order chi connectivity index (χ1) is 16.4. The van der Waals surface area contributed by atoms with Crippen LogP contribution in [0.4, 0.5) is 5.13 Å². The number of carbonyl (C=O) groups excluding carboxylic acids is 2. The van der Waals surface area contributed by atoms with Crippen molar-refractivity contribution >= 4 is 44.1 Å². The van der Waals surface area contributed by atoms with E-state index in [2.05, 4.69) is 0 Å². The van der Waals surface area contributed by atoms with E-state index in [1.54, 1.807) is 36.4 Å². The van der Waals surface area contributed by atoms with Gasteiger partial charge in [0.2, 0.25) is 0 Å². The minimum atomic E-state index is -0.951. The highest BCUT2D eigenvalue weighted by atomic mass is 32.1. The lowest BCUT2D eigenvalue weighted by Crippen LogP contribution is -2.29. The molecule has 8 heteroatoms. The van der Waals surface area contributed by atoms with Crippen molar-refractivity contribution in [2.75, 3.05) is 11.5 Å². The van der Waals surface area contributed by atoms with E-state index in [0.29, 0.717) is 28.8 Å². The van der Waals surface area contributed by atoms with Crippen LogP contribution in [0.15, 0.2) is 64.8 Å². The van der Waals surface area contributed by atoms with Crippen LogP contribution in [0.3, 0.4) is 0 Å². The number of aryl methyl sites for hydroxylation is 2. The maximum absolute atomic E-state index is 13.3. The zero-order valence-electron chi connectivity index (χ0n) is 18.9.